The van der Waals surface area contributed by atoms with Crippen molar-refractivity contribution in [2.75, 3.05) is 27.1 Å². The van der Waals surface area contributed by atoms with E-state index < -0.39 is 5.91 Å². The largest absolute Gasteiger partial charge is 0.493 e. The normalized spacial score (nSPS) is 15.8. The summed E-state index contributed by atoms with van der Waals surface area (Å²) < 4.78 is 15.5. The fourth-order valence-corrected chi connectivity index (χ4v) is 2.42. The van der Waals surface area contributed by atoms with Crippen molar-refractivity contribution in [2.45, 2.75) is 0 Å². The first-order valence-corrected chi connectivity index (χ1v) is 6.93. The Labute approximate surface area is 125 Å². The summed E-state index contributed by atoms with van der Waals surface area (Å²) in [7, 11) is 4.40. The molecule has 1 N–H and O–H groups in total. The number of amides is 2. The number of rotatable bonds is 4. The van der Waals surface area contributed by atoms with E-state index in [1.807, 2.05) is 0 Å². The van der Waals surface area contributed by atoms with Crippen molar-refractivity contribution in [3.8, 4) is 17.2 Å². The van der Waals surface area contributed by atoms with E-state index in [1.54, 1.807) is 0 Å². The Morgan fingerprint density at radius 2 is 1.81 bits per heavy atom. The number of carbonyl (C=O) groups excluding carboxylic acids is 2. The molecule has 0 bridgehead atoms. The molecule has 0 saturated carbocycles. The number of hydrogen-bond acceptors (Lipinski definition) is 6. The first kappa shape index (κ1) is 15.2. The monoisotopic (exact) mass is 310 g/mol. The summed E-state index contributed by atoms with van der Waals surface area (Å²) in [5, 5.41) is 2.79. The molecule has 0 unspecified atom stereocenters. The van der Waals surface area contributed by atoms with Gasteiger partial charge >= 0.3 is 0 Å². The van der Waals surface area contributed by atoms with Crippen LogP contribution in [0.4, 0.5) is 0 Å². The van der Waals surface area contributed by atoms with Gasteiger partial charge in [-0.15, -0.1) is 0 Å². The van der Waals surface area contributed by atoms with Crippen LogP contribution < -0.4 is 19.5 Å². The van der Waals surface area contributed by atoms with Gasteiger partial charge in [0.05, 0.1) is 27.1 Å². The van der Waals surface area contributed by atoms with Gasteiger partial charge in [0.25, 0.3) is 5.91 Å². The maximum atomic E-state index is 12.1. The van der Waals surface area contributed by atoms with E-state index in [0.29, 0.717) is 22.4 Å². The predicted molar refractivity (Wildman–Crippen MR) is 78.5 cm³/mol. The van der Waals surface area contributed by atoms with Gasteiger partial charge in [-0.3, -0.25) is 9.59 Å². The van der Waals surface area contributed by atoms with Crippen LogP contribution in [0.1, 0.15) is 10.4 Å². The van der Waals surface area contributed by atoms with Gasteiger partial charge in [0.2, 0.25) is 11.7 Å². The van der Waals surface area contributed by atoms with Gasteiger partial charge in [-0.25, -0.2) is 0 Å². The van der Waals surface area contributed by atoms with Gasteiger partial charge in [-0.2, -0.15) is 4.99 Å². The molecule has 1 fully saturated rings. The zero-order chi connectivity index (χ0) is 15.4. The van der Waals surface area contributed by atoms with Gasteiger partial charge in [0.15, 0.2) is 16.7 Å². The minimum Gasteiger partial charge on any atom is -0.493 e. The lowest BCUT2D eigenvalue weighted by Crippen LogP contribution is -2.21. The number of methoxy groups -OCH3 is 3. The molecule has 0 radical (unpaired) electrons. The molecule has 2 amide bonds. The molecule has 21 heavy (non-hydrogen) atoms. The summed E-state index contributed by atoms with van der Waals surface area (Å²) in [6.07, 6.45) is 0. The lowest BCUT2D eigenvalue weighted by molar-refractivity contribution is -0.116. The van der Waals surface area contributed by atoms with Crippen LogP contribution in [-0.2, 0) is 4.79 Å². The molecular formula is C13H14N2O5S. The third-order valence-electron chi connectivity index (χ3n) is 2.70. The van der Waals surface area contributed by atoms with Crippen molar-refractivity contribution in [1.82, 2.24) is 5.32 Å². The molecular weight excluding hydrogens is 296 g/mol. The molecule has 0 aliphatic carbocycles. The van der Waals surface area contributed by atoms with Crippen molar-refractivity contribution in [3.63, 3.8) is 0 Å². The summed E-state index contributed by atoms with van der Waals surface area (Å²) in [4.78, 5) is 27.1. The van der Waals surface area contributed by atoms with Gasteiger partial charge in [-0.05, 0) is 12.1 Å². The van der Waals surface area contributed by atoms with Crippen molar-refractivity contribution in [3.05, 3.63) is 17.7 Å². The second-order valence-electron chi connectivity index (χ2n) is 3.97. The van der Waals surface area contributed by atoms with E-state index in [0.717, 1.165) is 0 Å². The van der Waals surface area contributed by atoms with E-state index >= 15 is 0 Å². The average Bonchev–Trinajstić information content (AvgIpc) is 2.90. The van der Waals surface area contributed by atoms with Crippen molar-refractivity contribution in [1.29, 1.82) is 0 Å². The van der Waals surface area contributed by atoms with Crippen molar-refractivity contribution < 1.29 is 23.8 Å². The third kappa shape index (κ3) is 3.27. The highest BCUT2D eigenvalue weighted by atomic mass is 32.2. The standard InChI is InChI=1S/C13H14N2O5S/c1-18-8-4-7(5-9(19-2)11(8)20-3)12(17)15-13-14-10(16)6-21-13/h4-5H,6H2,1-3H3,(H,14,15,16,17). The Hall–Kier alpha value is -2.22. The second-order valence-corrected chi connectivity index (χ2v) is 4.94. The Bertz CT molecular complexity index is 590. The van der Waals surface area contributed by atoms with Crippen LogP contribution in [0.5, 0.6) is 17.2 Å². The van der Waals surface area contributed by atoms with E-state index in [9.17, 15) is 9.59 Å². The molecule has 0 atom stereocenters. The van der Waals surface area contributed by atoms with Crippen LogP contribution in [0.2, 0.25) is 0 Å². The number of thioether (sulfide) groups is 1. The molecule has 0 spiro atoms. The maximum absolute atomic E-state index is 12.1. The molecule has 1 aliphatic rings. The molecule has 8 heteroatoms. The Morgan fingerprint density at radius 1 is 1.19 bits per heavy atom. The third-order valence-corrected chi connectivity index (χ3v) is 3.57. The minimum atomic E-state index is -0.501. The van der Waals surface area contributed by atoms with Gasteiger partial charge in [0.1, 0.15) is 0 Å². The number of hydrogen-bond donors (Lipinski definition) is 1. The first-order chi connectivity index (χ1) is 10.1. The highest BCUT2D eigenvalue weighted by Gasteiger charge is 2.20. The summed E-state index contributed by atoms with van der Waals surface area (Å²) in [6.45, 7) is 0. The maximum Gasteiger partial charge on any atom is 0.279 e. The molecule has 1 heterocycles. The highest BCUT2D eigenvalue weighted by molar-refractivity contribution is 8.15. The SMILES string of the molecule is COc1cc(C(=O)N=C2NC(=O)CS2)cc(OC)c1OC. The number of nitrogens with zero attached hydrogens (tertiary/aromatic N) is 1. The molecule has 1 aromatic rings. The fraction of sp³-hybridized carbons (Fsp3) is 0.308. The van der Waals surface area contributed by atoms with Crippen LogP contribution in [0.25, 0.3) is 0 Å². The summed E-state index contributed by atoms with van der Waals surface area (Å²) >= 11 is 1.18. The number of amidine groups is 1. The topological polar surface area (TPSA) is 86.2 Å². The predicted octanol–water partition coefficient (Wildman–Crippen LogP) is 1.07. The lowest BCUT2D eigenvalue weighted by Gasteiger charge is -2.12. The Balaban J connectivity index is 2.35. The quantitative estimate of drug-likeness (QED) is 0.895. The van der Waals surface area contributed by atoms with Gasteiger partial charge < -0.3 is 19.5 Å². The smallest absolute Gasteiger partial charge is 0.279 e. The van der Waals surface area contributed by atoms with Gasteiger partial charge in [0, 0.05) is 5.56 Å². The lowest BCUT2D eigenvalue weighted by atomic mass is 10.1. The summed E-state index contributed by atoms with van der Waals surface area (Å²) in [5.74, 6) is 0.719. The molecule has 2 rings (SSSR count). The Kier molecular flexibility index (Phi) is 4.69. The highest BCUT2D eigenvalue weighted by Crippen LogP contribution is 2.38. The molecule has 1 aromatic carbocycles. The molecule has 1 saturated heterocycles. The zero-order valence-electron chi connectivity index (χ0n) is 11.8. The van der Waals surface area contributed by atoms with Gasteiger partial charge in [-0.1, -0.05) is 11.8 Å². The fourth-order valence-electron chi connectivity index (χ4n) is 1.75. The van der Waals surface area contributed by atoms with Crippen LogP contribution in [0, 0.1) is 0 Å². The van der Waals surface area contributed by atoms with Crippen molar-refractivity contribution in [2.24, 2.45) is 4.99 Å². The van der Waals surface area contributed by atoms with Crippen molar-refractivity contribution >= 4 is 28.7 Å². The van der Waals surface area contributed by atoms with E-state index in [4.69, 9.17) is 14.2 Å². The Morgan fingerprint density at radius 3 is 2.24 bits per heavy atom. The number of carbonyl (C=O) groups is 2. The molecule has 7 nitrogen and oxygen atoms in total. The van der Waals surface area contributed by atoms with E-state index in [2.05, 4.69) is 10.3 Å². The van der Waals surface area contributed by atoms with Crippen LogP contribution in [0.15, 0.2) is 17.1 Å². The van der Waals surface area contributed by atoms with E-state index in [-0.39, 0.29) is 17.2 Å². The number of aliphatic imine (C=N–C) groups is 1. The van der Waals surface area contributed by atoms with Crippen LogP contribution in [0.3, 0.4) is 0 Å². The summed E-state index contributed by atoms with van der Waals surface area (Å²) in [6, 6.07) is 3.02. The number of nitrogens with one attached hydrogen (secondary N) is 1. The first-order valence-electron chi connectivity index (χ1n) is 5.94. The van der Waals surface area contributed by atoms with Crippen LogP contribution >= 0.6 is 11.8 Å². The summed E-state index contributed by atoms with van der Waals surface area (Å²) in [5.41, 5.74) is 0.277. The molecule has 1 aliphatic heterocycles. The van der Waals surface area contributed by atoms with Crippen LogP contribution in [-0.4, -0.2) is 44.1 Å². The second kappa shape index (κ2) is 6.49. The number of ether oxygens (including phenoxy) is 3. The number of benzene rings is 1. The minimum absolute atomic E-state index is 0.170. The average molecular weight is 310 g/mol. The molecule has 0 aromatic heterocycles. The molecule has 112 valence electrons. The zero-order valence-corrected chi connectivity index (χ0v) is 12.6. The van der Waals surface area contributed by atoms with E-state index in [1.165, 1.54) is 45.2 Å².